The second-order valence-electron chi connectivity index (χ2n) is 5.44. The van der Waals surface area contributed by atoms with Crippen molar-refractivity contribution in [1.29, 1.82) is 0 Å². The van der Waals surface area contributed by atoms with Crippen molar-refractivity contribution in [3.63, 3.8) is 0 Å². The van der Waals surface area contributed by atoms with Gasteiger partial charge in [0.15, 0.2) is 0 Å². The average molecular weight is 284 g/mol. The summed E-state index contributed by atoms with van der Waals surface area (Å²) >= 11 is 0. The summed E-state index contributed by atoms with van der Waals surface area (Å²) in [4.78, 5) is 0. The molecular formula is C17H32O3. The van der Waals surface area contributed by atoms with Crippen molar-refractivity contribution in [2.75, 3.05) is 6.61 Å². The average Bonchev–Trinajstić information content (AvgIpc) is 2.44. The van der Waals surface area contributed by atoms with Crippen LogP contribution in [0, 0.1) is 0 Å². The Kier molecular flexibility index (Phi) is 14.3. The lowest BCUT2D eigenvalue weighted by molar-refractivity contribution is 0.0380. The SMILES string of the molecule is C=C/C=C/CCCCCCCCC[C@H](O)C[C@H](O)CO. The van der Waals surface area contributed by atoms with Gasteiger partial charge in [0.05, 0.1) is 18.8 Å². The maximum atomic E-state index is 9.61. The molecule has 0 unspecified atom stereocenters. The van der Waals surface area contributed by atoms with Crippen molar-refractivity contribution in [3.8, 4) is 0 Å². The Labute approximate surface area is 124 Å². The molecule has 0 fully saturated rings. The largest absolute Gasteiger partial charge is 0.394 e. The zero-order valence-electron chi connectivity index (χ0n) is 12.7. The summed E-state index contributed by atoms with van der Waals surface area (Å²) in [6.45, 7) is 3.37. The number of hydrogen-bond donors (Lipinski definition) is 3. The molecule has 0 aromatic carbocycles. The highest BCUT2D eigenvalue weighted by molar-refractivity contribution is 4.96. The fourth-order valence-corrected chi connectivity index (χ4v) is 2.22. The molecule has 0 aliphatic heterocycles. The zero-order valence-corrected chi connectivity index (χ0v) is 12.7. The van der Waals surface area contributed by atoms with Gasteiger partial charge in [-0.2, -0.15) is 0 Å². The third-order valence-corrected chi connectivity index (χ3v) is 3.44. The van der Waals surface area contributed by atoms with Crippen LogP contribution in [0.2, 0.25) is 0 Å². The Bertz CT molecular complexity index is 238. The molecule has 0 rings (SSSR count). The van der Waals surface area contributed by atoms with Crippen LogP contribution in [0.4, 0.5) is 0 Å². The summed E-state index contributed by atoms with van der Waals surface area (Å²) in [5.41, 5.74) is 0. The fraction of sp³-hybridized carbons (Fsp3) is 0.765. The second kappa shape index (κ2) is 14.8. The minimum Gasteiger partial charge on any atom is -0.394 e. The monoisotopic (exact) mass is 284 g/mol. The van der Waals surface area contributed by atoms with Crippen molar-refractivity contribution < 1.29 is 15.3 Å². The van der Waals surface area contributed by atoms with Crippen molar-refractivity contribution >= 4 is 0 Å². The second-order valence-corrected chi connectivity index (χ2v) is 5.44. The minimum atomic E-state index is -0.778. The first-order valence-corrected chi connectivity index (χ1v) is 7.95. The molecule has 0 saturated heterocycles. The normalized spacial score (nSPS) is 14.6. The number of aliphatic hydroxyl groups excluding tert-OH is 3. The Morgan fingerprint density at radius 3 is 2.05 bits per heavy atom. The van der Waals surface area contributed by atoms with Crippen LogP contribution in [0.3, 0.4) is 0 Å². The van der Waals surface area contributed by atoms with E-state index in [1.807, 2.05) is 12.2 Å². The first-order valence-electron chi connectivity index (χ1n) is 7.95. The Morgan fingerprint density at radius 1 is 0.850 bits per heavy atom. The fourth-order valence-electron chi connectivity index (χ4n) is 2.22. The van der Waals surface area contributed by atoms with Crippen LogP contribution in [-0.2, 0) is 0 Å². The van der Waals surface area contributed by atoms with Gasteiger partial charge in [-0.15, -0.1) is 0 Å². The molecule has 0 aliphatic rings. The first kappa shape index (κ1) is 19.4. The summed E-state index contributed by atoms with van der Waals surface area (Å²) in [7, 11) is 0. The molecule has 0 bridgehead atoms. The van der Waals surface area contributed by atoms with Crippen LogP contribution < -0.4 is 0 Å². The van der Waals surface area contributed by atoms with Crippen molar-refractivity contribution in [2.45, 2.75) is 76.4 Å². The maximum absolute atomic E-state index is 9.61. The Morgan fingerprint density at radius 2 is 1.45 bits per heavy atom. The summed E-state index contributed by atoms with van der Waals surface area (Å²) in [5, 5.41) is 27.5. The highest BCUT2D eigenvalue weighted by atomic mass is 16.3. The van der Waals surface area contributed by atoms with E-state index in [1.165, 1.54) is 32.1 Å². The molecule has 0 spiro atoms. The van der Waals surface area contributed by atoms with E-state index in [0.717, 1.165) is 25.7 Å². The molecule has 118 valence electrons. The molecule has 3 N–H and O–H groups in total. The maximum Gasteiger partial charge on any atom is 0.0795 e. The third kappa shape index (κ3) is 13.8. The van der Waals surface area contributed by atoms with Crippen LogP contribution >= 0.6 is 0 Å². The van der Waals surface area contributed by atoms with Crippen LogP contribution in [0.1, 0.15) is 64.2 Å². The highest BCUT2D eigenvalue weighted by Crippen LogP contribution is 2.12. The van der Waals surface area contributed by atoms with E-state index in [0.29, 0.717) is 0 Å². The first-order chi connectivity index (χ1) is 9.70. The van der Waals surface area contributed by atoms with Gasteiger partial charge in [-0.3, -0.25) is 0 Å². The van der Waals surface area contributed by atoms with E-state index < -0.39 is 12.2 Å². The molecule has 0 amide bonds. The molecule has 0 radical (unpaired) electrons. The lowest BCUT2D eigenvalue weighted by Crippen LogP contribution is -2.20. The van der Waals surface area contributed by atoms with Gasteiger partial charge in [0.25, 0.3) is 0 Å². The standard InChI is InChI=1S/C17H32O3/c1-2-3-4-5-6-7-8-9-10-11-12-13-16(19)14-17(20)15-18/h2-4,16-20H,1,5-15H2/b4-3+/t16-,17-/m0/s1. The van der Waals surface area contributed by atoms with Crippen molar-refractivity contribution in [1.82, 2.24) is 0 Å². The Hall–Kier alpha value is -0.640. The molecule has 0 saturated carbocycles. The highest BCUT2D eigenvalue weighted by Gasteiger charge is 2.10. The van der Waals surface area contributed by atoms with Crippen LogP contribution in [0.25, 0.3) is 0 Å². The molecule has 3 heteroatoms. The van der Waals surface area contributed by atoms with Gasteiger partial charge in [-0.1, -0.05) is 63.3 Å². The minimum absolute atomic E-state index is 0.265. The molecule has 0 heterocycles. The number of hydrogen-bond acceptors (Lipinski definition) is 3. The van der Waals surface area contributed by atoms with Crippen molar-refractivity contribution in [3.05, 3.63) is 24.8 Å². The topological polar surface area (TPSA) is 60.7 Å². The van der Waals surface area contributed by atoms with Gasteiger partial charge >= 0.3 is 0 Å². The molecule has 0 aliphatic carbocycles. The molecule has 3 nitrogen and oxygen atoms in total. The third-order valence-electron chi connectivity index (χ3n) is 3.44. The molecule has 0 aromatic rings. The number of allylic oxidation sites excluding steroid dienone is 3. The summed E-state index contributed by atoms with van der Waals surface area (Å²) < 4.78 is 0. The lowest BCUT2D eigenvalue weighted by atomic mass is 10.0. The molecule has 20 heavy (non-hydrogen) atoms. The van der Waals surface area contributed by atoms with Crippen LogP contribution in [0.5, 0.6) is 0 Å². The number of unbranched alkanes of at least 4 members (excludes halogenated alkanes) is 7. The number of rotatable bonds is 14. The summed E-state index contributed by atoms with van der Waals surface area (Å²) in [5.74, 6) is 0. The van der Waals surface area contributed by atoms with E-state index in [9.17, 15) is 10.2 Å². The van der Waals surface area contributed by atoms with Gasteiger partial charge in [0.1, 0.15) is 0 Å². The molecule has 0 aromatic heterocycles. The summed E-state index contributed by atoms with van der Waals surface area (Å²) in [6.07, 6.45) is 15.3. The van der Waals surface area contributed by atoms with Gasteiger partial charge < -0.3 is 15.3 Å². The van der Waals surface area contributed by atoms with E-state index in [4.69, 9.17) is 5.11 Å². The lowest BCUT2D eigenvalue weighted by Gasteiger charge is -2.13. The quantitative estimate of drug-likeness (QED) is 0.339. The summed E-state index contributed by atoms with van der Waals surface area (Å²) in [6, 6.07) is 0. The van der Waals surface area contributed by atoms with Gasteiger partial charge in [0, 0.05) is 6.42 Å². The smallest absolute Gasteiger partial charge is 0.0795 e. The molecule has 2 atom stereocenters. The van der Waals surface area contributed by atoms with E-state index in [2.05, 4.69) is 12.7 Å². The van der Waals surface area contributed by atoms with Crippen LogP contribution in [0.15, 0.2) is 24.8 Å². The van der Waals surface area contributed by atoms with Crippen molar-refractivity contribution in [2.24, 2.45) is 0 Å². The molecular weight excluding hydrogens is 252 g/mol. The van der Waals surface area contributed by atoms with Gasteiger partial charge in [0.2, 0.25) is 0 Å². The van der Waals surface area contributed by atoms with Crippen LogP contribution in [-0.4, -0.2) is 34.1 Å². The predicted octanol–water partition coefficient (Wildman–Crippen LogP) is 3.34. The predicted molar refractivity (Wildman–Crippen MR) is 84.6 cm³/mol. The Balaban J connectivity index is 3.20. The zero-order chi connectivity index (χ0) is 15.1. The van der Waals surface area contributed by atoms with E-state index in [-0.39, 0.29) is 13.0 Å². The van der Waals surface area contributed by atoms with E-state index in [1.54, 1.807) is 0 Å². The van der Waals surface area contributed by atoms with Gasteiger partial charge in [-0.05, 0) is 19.3 Å². The van der Waals surface area contributed by atoms with E-state index >= 15 is 0 Å². The number of aliphatic hydroxyl groups is 3. The van der Waals surface area contributed by atoms with Gasteiger partial charge in [-0.25, -0.2) is 0 Å².